The number of pyridine rings is 2. The number of nitrogens with one attached hydrogen (secondary N) is 1. The zero-order chi connectivity index (χ0) is 29.8. The Hall–Kier alpha value is -4.66. The maximum atomic E-state index is 14.0. The summed E-state index contributed by atoms with van der Waals surface area (Å²) in [4.78, 5) is 23.7. The Morgan fingerprint density at radius 3 is 2.51 bits per heavy atom. The molecule has 1 atom stereocenters. The van der Waals surface area contributed by atoms with Crippen LogP contribution < -0.4 is 5.56 Å². The lowest BCUT2D eigenvalue weighted by Crippen LogP contribution is -2.35. The topological polar surface area (TPSA) is 92.6 Å². The summed E-state index contributed by atoms with van der Waals surface area (Å²) >= 11 is 6.69. The van der Waals surface area contributed by atoms with Gasteiger partial charge in [-0.1, -0.05) is 72.3 Å². The zero-order valence-electron chi connectivity index (χ0n) is 24.1. The maximum Gasteiger partial charge on any atom is 0.253 e. The van der Waals surface area contributed by atoms with Gasteiger partial charge in [0.25, 0.3) is 5.56 Å². The summed E-state index contributed by atoms with van der Waals surface area (Å²) in [6.45, 7) is 5.59. The smallest absolute Gasteiger partial charge is 0.253 e. The number of aryl methyl sites for hydroxylation is 4. The number of tetrazole rings is 1. The molecule has 3 aromatic carbocycles. The lowest BCUT2D eigenvalue weighted by atomic mass is 9.99. The monoisotopic (exact) mass is 589 g/mol. The molecule has 0 bridgehead atoms. The highest BCUT2D eigenvalue weighted by atomic mass is 35.5. The van der Waals surface area contributed by atoms with Crippen molar-refractivity contribution in [1.82, 2.24) is 35.1 Å². The van der Waals surface area contributed by atoms with Gasteiger partial charge < -0.3 is 4.98 Å². The van der Waals surface area contributed by atoms with Crippen molar-refractivity contribution in [3.05, 3.63) is 152 Å². The number of H-pyrrole nitrogens is 1. The third-order valence-electron chi connectivity index (χ3n) is 7.70. The summed E-state index contributed by atoms with van der Waals surface area (Å²) in [5, 5.41) is 14.7. The Balaban J connectivity index is 1.52. The van der Waals surface area contributed by atoms with E-state index in [2.05, 4.69) is 55.5 Å². The van der Waals surface area contributed by atoms with Crippen molar-refractivity contribution in [3.8, 4) is 0 Å². The molecule has 9 heteroatoms. The largest absolute Gasteiger partial charge is 0.322 e. The zero-order valence-corrected chi connectivity index (χ0v) is 24.9. The van der Waals surface area contributed by atoms with Crippen molar-refractivity contribution >= 4 is 22.5 Å². The summed E-state index contributed by atoms with van der Waals surface area (Å²) in [7, 11) is 0. The Morgan fingerprint density at radius 1 is 0.930 bits per heavy atom. The molecule has 43 heavy (non-hydrogen) atoms. The highest BCUT2D eigenvalue weighted by Gasteiger charge is 2.31. The number of aromatic amines is 1. The van der Waals surface area contributed by atoms with Crippen LogP contribution in [0.4, 0.5) is 0 Å². The Morgan fingerprint density at radius 2 is 1.72 bits per heavy atom. The number of fused-ring (bicyclic) bond motifs is 1. The highest BCUT2D eigenvalue weighted by molar-refractivity contribution is 6.31. The lowest BCUT2D eigenvalue weighted by molar-refractivity contribution is 0.193. The van der Waals surface area contributed by atoms with Crippen molar-refractivity contribution in [2.45, 2.75) is 45.9 Å². The van der Waals surface area contributed by atoms with E-state index in [1.54, 1.807) is 6.20 Å². The molecule has 3 aromatic heterocycles. The molecule has 0 radical (unpaired) electrons. The predicted molar refractivity (Wildman–Crippen MR) is 169 cm³/mol. The quantitative estimate of drug-likeness (QED) is 0.204. The van der Waals surface area contributed by atoms with Gasteiger partial charge in [0.2, 0.25) is 0 Å². The molecule has 0 aliphatic heterocycles. The minimum atomic E-state index is -0.587. The Kier molecular flexibility index (Phi) is 8.40. The van der Waals surface area contributed by atoms with E-state index in [0.717, 1.165) is 39.6 Å². The van der Waals surface area contributed by atoms with E-state index in [0.29, 0.717) is 36.0 Å². The van der Waals surface area contributed by atoms with Crippen LogP contribution in [0.3, 0.4) is 0 Å². The van der Waals surface area contributed by atoms with E-state index in [9.17, 15) is 4.79 Å². The number of rotatable bonds is 10. The van der Waals surface area contributed by atoms with E-state index in [1.165, 1.54) is 5.56 Å². The number of hydrogen-bond donors (Lipinski definition) is 1. The molecule has 6 aromatic rings. The average Bonchev–Trinajstić information content (AvgIpc) is 3.47. The fraction of sp³-hybridized carbons (Fsp3) is 0.206. The van der Waals surface area contributed by atoms with E-state index in [1.807, 2.05) is 84.5 Å². The molecule has 0 amide bonds. The third-order valence-corrected chi connectivity index (χ3v) is 8.07. The van der Waals surface area contributed by atoms with Gasteiger partial charge in [0.1, 0.15) is 6.04 Å². The van der Waals surface area contributed by atoms with Crippen molar-refractivity contribution in [2.75, 3.05) is 0 Å². The van der Waals surface area contributed by atoms with E-state index >= 15 is 0 Å². The molecule has 6 rings (SSSR count). The van der Waals surface area contributed by atoms with Gasteiger partial charge in [0.15, 0.2) is 5.82 Å². The fourth-order valence-electron chi connectivity index (χ4n) is 5.65. The maximum absolute atomic E-state index is 14.0. The molecular weight excluding hydrogens is 558 g/mol. The van der Waals surface area contributed by atoms with E-state index < -0.39 is 6.04 Å². The highest BCUT2D eigenvalue weighted by Crippen LogP contribution is 2.32. The number of benzene rings is 3. The molecule has 216 valence electrons. The second kappa shape index (κ2) is 12.7. The lowest BCUT2D eigenvalue weighted by Gasteiger charge is -2.31. The fourth-order valence-corrected chi connectivity index (χ4v) is 5.84. The first-order chi connectivity index (χ1) is 21.0. The molecule has 1 N–H and O–H groups in total. The molecular formula is C34H32ClN7O. The first-order valence-electron chi connectivity index (χ1n) is 14.3. The molecule has 0 fully saturated rings. The Labute approximate surface area is 255 Å². The van der Waals surface area contributed by atoms with E-state index in [-0.39, 0.29) is 5.56 Å². The van der Waals surface area contributed by atoms with Gasteiger partial charge in [-0.2, -0.15) is 0 Å². The van der Waals surface area contributed by atoms with E-state index in [4.69, 9.17) is 11.6 Å². The molecule has 1 unspecified atom stereocenters. The van der Waals surface area contributed by atoms with Gasteiger partial charge in [-0.05, 0) is 82.8 Å². The Bertz CT molecular complexity index is 1900. The molecule has 3 heterocycles. The summed E-state index contributed by atoms with van der Waals surface area (Å²) in [5.74, 6) is 0.585. The van der Waals surface area contributed by atoms with Crippen molar-refractivity contribution < 1.29 is 0 Å². The molecule has 0 saturated heterocycles. The predicted octanol–water partition coefficient (Wildman–Crippen LogP) is 6.21. The summed E-state index contributed by atoms with van der Waals surface area (Å²) in [6.07, 6.45) is 4.33. The minimum absolute atomic E-state index is 0.185. The van der Waals surface area contributed by atoms with Crippen LogP contribution in [0.25, 0.3) is 10.9 Å². The summed E-state index contributed by atoms with van der Waals surface area (Å²) < 4.78 is 1.81. The van der Waals surface area contributed by atoms with Crippen LogP contribution in [0, 0.1) is 13.8 Å². The first kappa shape index (κ1) is 28.5. The number of halogens is 1. The second-order valence-corrected chi connectivity index (χ2v) is 11.3. The normalized spacial score (nSPS) is 12.2. The van der Waals surface area contributed by atoms with Gasteiger partial charge in [0.05, 0.1) is 0 Å². The van der Waals surface area contributed by atoms with Crippen LogP contribution in [0.15, 0.2) is 102 Å². The van der Waals surface area contributed by atoms with Gasteiger partial charge in [-0.15, -0.1) is 5.10 Å². The number of aromatic nitrogens is 6. The summed E-state index contributed by atoms with van der Waals surface area (Å²) in [5.41, 5.74) is 6.46. The SMILES string of the molecule is Cc1cc(C)c2cc(C(c3nnnn3CCc3ccccc3)N(Cc3cccnc3)Cc3ccccc3Cl)c(=O)[nH]c2c1. The molecule has 8 nitrogen and oxygen atoms in total. The van der Waals surface area contributed by atoms with Crippen LogP contribution in [-0.4, -0.2) is 35.1 Å². The van der Waals surface area contributed by atoms with Gasteiger partial charge in [-0.25, -0.2) is 4.68 Å². The molecule has 0 spiro atoms. The summed E-state index contributed by atoms with van der Waals surface area (Å²) in [6, 6.07) is 27.5. The van der Waals surface area contributed by atoms with Crippen LogP contribution in [0.5, 0.6) is 0 Å². The first-order valence-corrected chi connectivity index (χ1v) is 14.6. The van der Waals surface area contributed by atoms with Crippen LogP contribution in [0.1, 0.15) is 45.2 Å². The molecule has 0 aliphatic carbocycles. The van der Waals surface area contributed by atoms with Crippen LogP contribution >= 0.6 is 11.6 Å². The standard InChI is InChI=1S/C34H32ClN7O/c1-23-17-24(2)28-19-29(34(43)37-31(28)18-23)32(33-38-39-40-42(33)16-14-25-9-4-3-5-10-25)41(21-26-11-8-15-36-20-26)22-27-12-6-7-13-30(27)35/h3-13,15,17-20,32H,14,16,21-22H2,1-2H3,(H,37,43). The number of nitrogens with zero attached hydrogens (tertiary/aromatic N) is 6. The van der Waals surface area contributed by atoms with Gasteiger partial charge >= 0.3 is 0 Å². The minimum Gasteiger partial charge on any atom is -0.322 e. The third kappa shape index (κ3) is 6.40. The van der Waals surface area contributed by atoms with Crippen molar-refractivity contribution in [3.63, 3.8) is 0 Å². The van der Waals surface area contributed by atoms with Crippen molar-refractivity contribution in [2.24, 2.45) is 0 Å². The molecule has 0 saturated carbocycles. The average molecular weight is 590 g/mol. The molecule has 0 aliphatic rings. The van der Waals surface area contributed by atoms with Crippen molar-refractivity contribution in [1.29, 1.82) is 0 Å². The van der Waals surface area contributed by atoms with Crippen LogP contribution in [0.2, 0.25) is 5.02 Å². The van der Waals surface area contributed by atoms with Crippen LogP contribution in [-0.2, 0) is 26.1 Å². The number of hydrogen-bond acceptors (Lipinski definition) is 6. The second-order valence-electron chi connectivity index (χ2n) is 10.9. The van der Waals surface area contributed by atoms with Gasteiger partial charge in [0, 0.05) is 53.5 Å². The van der Waals surface area contributed by atoms with Gasteiger partial charge in [-0.3, -0.25) is 14.7 Å².